The molecule has 0 aromatic carbocycles. The fourth-order valence-corrected chi connectivity index (χ4v) is 8.19. The summed E-state index contributed by atoms with van der Waals surface area (Å²) in [6.07, 6.45) is 20.8. The minimum absolute atomic E-state index is 0.161. The molecule has 292 valence electrons. The van der Waals surface area contributed by atoms with E-state index in [9.17, 15) is 9.13 Å². The van der Waals surface area contributed by atoms with Crippen LogP contribution in [-0.4, -0.2) is 114 Å². The Morgan fingerprint density at radius 2 is 0.776 bits per heavy atom. The molecule has 0 bridgehead atoms. The molecule has 2 atom stereocenters. The van der Waals surface area contributed by atoms with Crippen LogP contribution in [0.4, 0.5) is 0 Å². The lowest BCUT2D eigenvalue weighted by atomic mass is 10.2. The maximum atomic E-state index is 13.9. The van der Waals surface area contributed by atoms with Crippen molar-refractivity contribution in [1.82, 2.24) is 9.80 Å². The Bertz CT molecular complexity index is 802. The van der Waals surface area contributed by atoms with Crippen molar-refractivity contribution in [1.29, 1.82) is 0 Å². The van der Waals surface area contributed by atoms with E-state index in [1.54, 1.807) is 0 Å². The second kappa shape index (κ2) is 34.6. The Balaban J connectivity index is 5.31. The van der Waals surface area contributed by atoms with E-state index >= 15 is 0 Å². The summed E-state index contributed by atoms with van der Waals surface area (Å²) in [5, 5.41) is 0. The van der Waals surface area contributed by atoms with Gasteiger partial charge in [0.25, 0.3) is 0 Å². The van der Waals surface area contributed by atoms with Crippen molar-refractivity contribution in [3.63, 3.8) is 0 Å². The third-order valence-corrected chi connectivity index (χ3v) is 11.7. The lowest BCUT2D eigenvalue weighted by molar-refractivity contribution is 0.169. The van der Waals surface area contributed by atoms with Crippen LogP contribution in [0.1, 0.15) is 97.3 Å². The van der Waals surface area contributed by atoms with E-state index in [-0.39, 0.29) is 25.5 Å². The van der Waals surface area contributed by atoms with Crippen LogP contribution in [0.3, 0.4) is 0 Å². The zero-order chi connectivity index (χ0) is 36.3. The van der Waals surface area contributed by atoms with Crippen molar-refractivity contribution < 1.29 is 27.2 Å². The summed E-state index contributed by atoms with van der Waals surface area (Å²) in [4.78, 5) is 4.45. The molecule has 0 aromatic rings. The molecule has 0 rings (SSSR count). The van der Waals surface area contributed by atoms with E-state index < -0.39 is 15.2 Å². The van der Waals surface area contributed by atoms with Gasteiger partial charge >= 0.3 is 15.2 Å². The second-order valence-corrected chi connectivity index (χ2v) is 16.8. The van der Waals surface area contributed by atoms with Crippen LogP contribution in [0.5, 0.6) is 0 Å². The molecule has 14 heteroatoms. The van der Waals surface area contributed by atoms with Crippen LogP contribution < -0.4 is 22.9 Å². The number of hydrogen-bond acceptors (Lipinski definition) is 12. The van der Waals surface area contributed by atoms with Gasteiger partial charge in [0.1, 0.15) is 0 Å². The summed E-state index contributed by atoms with van der Waals surface area (Å²) in [5.74, 6) is 0. The van der Waals surface area contributed by atoms with E-state index in [4.69, 9.17) is 41.0 Å². The van der Waals surface area contributed by atoms with Gasteiger partial charge < -0.3 is 50.8 Å². The number of nitrogens with zero attached hydrogens (tertiary/aromatic N) is 2. The first-order chi connectivity index (χ1) is 23.8. The minimum atomic E-state index is -3.39. The Hall–Kier alpha value is -0.460. The van der Waals surface area contributed by atoms with Crippen molar-refractivity contribution in [2.24, 2.45) is 22.9 Å². The number of nitrogens with two attached hydrogens (primary N) is 4. The zero-order valence-electron chi connectivity index (χ0n) is 31.4. The van der Waals surface area contributed by atoms with Crippen molar-refractivity contribution in [2.45, 2.75) is 97.3 Å². The van der Waals surface area contributed by atoms with Crippen LogP contribution >= 0.6 is 15.2 Å². The van der Waals surface area contributed by atoms with E-state index in [1.807, 2.05) is 0 Å². The van der Waals surface area contributed by atoms with Crippen LogP contribution in [0.25, 0.3) is 0 Å². The number of unbranched alkanes of at least 4 members (excludes halogenated alkanes) is 4. The first-order valence-electron chi connectivity index (χ1n) is 19.1. The molecular formula is C35H76N6O6P2. The van der Waals surface area contributed by atoms with Crippen molar-refractivity contribution >= 4 is 15.2 Å². The third-order valence-electron chi connectivity index (χ3n) is 7.89. The highest BCUT2D eigenvalue weighted by molar-refractivity contribution is 7.54. The molecule has 8 N–H and O–H groups in total. The normalized spacial score (nSPS) is 14.9. The van der Waals surface area contributed by atoms with Gasteiger partial charge in [-0.2, -0.15) is 0 Å². The zero-order valence-corrected chi connectivity index (χ0v) is 33.2. The first kappa shape index (κ1) is 48.5. The van der Waals surface area contributed by atoms with Gasteiger partial charge in [-0.25, -0.2) is 0 Å². The topological polar surface area (TPSA) is 182 Å². The molecule has 0 saturated carbocycles. The van der Waals surface area contributed by atoms with Crippen molar-refractivity contribution in [3.05, 3.63) is 24.3 Å². The highest BCUT2D eigenvalue weighted by atomic mass is 31.2. The van der Waals surface area contributed by atoms with Gasteiger partial charge in [-0.05, 0) is 110 Å². The maximum Gasteiger partial charge on any atom is 0.331 e. The quantitative estimate of drug-likeness (QED) is 0.0325. The molecular weight excluding hydrogens is 662 g/mol. The largest absolute Gasteiger partial charge is 0.331 e. The van der Waals surface area contributed by atoms with Crippen molar-refractivity contribution in [2.75, 3.05) is 104 Å². The molecule has 0 fully saturated rings. The summed E-state index contributed by atoms with van der Waals surface area (Å²) < 4.78 is 51.6. The average molecular weight is 739 g/mol. The Morgan fingerprint density at radius 1 is 0.449 bits per heavy atom. The van der Waals surface area contributed by atoms with Gasteiger partial charge in [0, 0.05) is 13.1 Å². The molecule has 0 amide bonds. The molecule has 2 unspecified atom stereocenters. The predicted octanol–water partition coefficient (Wildman–Crippen LogP) is 6.10. The van der Waals surface area contributed by atoms with Crippen LogP contribution in [0.2, 0.25) is 0 Å². The second-order valence-electron chi connectivity index (χ2n) is 12.4. The number of hydrogen-bond donors (Lipinski definition) is 4. The standard InChI is InChI=1S/C35H76N6O6P2/c1-3-5-7-9-11-13-30-44-48(42,34-28-40(24-15-20-36)25-16-21-37)46-32-19-33-47-49(43,45-31-14-12-10-8-6-4-2)35-29-41(26-17-22-38)27-18-23-39/h9-12H,3-8,13-39H2,1-2H3/b11-9-,12-10-. The van der Waals surface area contributed by atoms with Crippen LogP contribution in [0, 0.1) is 0 Å². The minimum Gasteiger partial charge on any atom is -0.330 e. The van der Waals surface area contributed by atoms with E-state index in [1.165, 1.54) is 0 Å². The lowest BCUT2D eigenvalue weighted by Crippen LogP contribution is -2.31. The Kier molecular flexibility index (Phi) is 34.3. The average Bonchev–Trinajstić information content (AvgIpc) is 3.10. The Morgan fingerprint density at radius 3 is 1.10 bits per heavy atom. The van der Waals surface area contributed by atoms with E-state index in [2.05, 4.69) is 48.0 Å². The van der Waals surface area contributed by atoms with Crippen LogP contribution in [-0.2, 0) is 27.2 Å². The lowest BCUT2D eigenvalue weighted by Gasteiger charge is -2.26. The third kappa shape index (κ3) is 29.8. The first-order valence-corrected chi connectivity index (χ1v) is 22.6. The van der Waals surface area contributed by atoms with E-state index in [0.717, 1.165) is 90.4 Å². The van der Waals surface area contributed by atoms with Gasteiger partial charge in [0.15, 0.2) is 0 Å². The molecule has 0 aliphatic rings. The number of allylic oxidation sites excluding steroid dienone is 2. The van der Waals surface area contributed by atoms with Gasteiger partial charge in [-0.15, -0.1) is 0 Å². The predicted molar refractivity (Wildman–Crippen MR) is 208 cm³/mol. The van der Waals surface area contributed by atoms with Gasteiger partial charge in [0.2, 0.25) is 0 Å². The fraction of sp³-hybridized carbons (Fsp3) is 0.886. The molecule has 0 saturated heterocycles. The summed E-state index contributed by atoms with van der Waals surface area (Å²) >= 11 is 0. The number of rotatable bonds is 38. The van der Waals surface area contributed by atoms with Gasteiger partial charge in [0.05, 0.1) is 38.8 Å². The van der Waals surface area contributed by atoms with Gasteiger partial charge in [-0.1, -0.05) is 63.8 Å². The Labute approximate surface area is 300 Å². The molecule has 0 heterocycles. The molecule has 49 heavy (non-hydrogen) atoms. The molecule has 0 aromatic heterocycles. The van der Waals surface area contributed by atoms with E-state index in [0.29, 0.717) is 71.7 Å². The molecule has 0 spiro atoms. The molecule has 0 radical (unpaired) electrons. The molecule has 12 nitrogen and oxygen atoms in total. The summed E-state index contributed by atoms with van der Waals surface area (Å²) in [6, 6.07) is 0. The molecule has 0 aliphatic heterocycles. The summed E-state index contributed by atoms with van der Waals surface area (Å²) in [7, 11) is -6.78. The summed E-state index contributed by atoms with van der Waals surface area (Å²) in [5.41, 5.74) is 23.0. The highest BCUT2D eigenvalue weighted by Crippen LogP contribution is 2.50. The SMILES string of the molecule is CCCC/C=C\CCOP(=O)(CCN(CCCN)CCCN)OCCCOP(=O)(CCN(CCCN)CCCN)OCC/C=C\CCCC. The summed E-state index contributed by atoms with van der Waals surface area (Å²) in [6.45, 7) is 12.1. The maximum absolute atomic E-state index is 13.9. The van der Waals surface area contributed by atoms with Crippen molar-refractivity contribution in [3.8, 4) is 0 Å². The monoisotopic (exact) mass is 739 g/mol. The smallest absolute Gasteiger partial charge is 0.330 e. The van der Waals surface area contributed by atoms with Gasteiger partial charge in [-0.3, -0.25) is 9.13 Å². The highest BCUT2D eigenvalue weighted by Gasteiger charge is 2.27. The molecule has 0 aliphatic carbocycles. The van der Waals surface area contributed by atoms with Crippen LogP contribution in [0.15, 0.2) is 24.3 Å². The fourth-order valence-electron chi connectivity index (χ4n) is 4.89.